The van der Waals surface area contributed by atoms with Crippen LogP contribution in [0.25, 0.3) is 0 Å². The van der Waals surface area contributed by atoms with Crippen LogP contribution in [0.3, 0.4) is 0 Å². The summed E-state index contributed by atoms with van der Waals surface area (Å²) < 4.78 is 7.55. The number of methoxy groups -OCH3 is 1. The predicted molar refractivity (Wildman–Crippen MR) is 75.2 cm³/mol. The molecular weight excluding hydrogens is 250 g/mol. The van der Waals surface area contributed by atoms with Gasteiger partial charge in [0.15, 0.2) is 0 Å². The van der Waals surface area contributed by atoms with E-state index in [0.717, 1.165) is 18.7 Å². The minimum Gasteiger partial charge on any atom is -0.377 e. The number of aromatic nitrogens is 2. The van der Waals surface area contributed by atoms with Gasteiger partial charge in [0, 0.05) is 19.0 Å². The highest BCUT2D eigenvalue weighted by Gasteiger charge is 2.24. The highest BCUT2D eigenvalue weighted by atomic mass is 16.5. The van der Waals surface area contributed by atoms with Gasteiger partial charge in [-0.15, -0.1) is 0 Å². The average Bonchev–Trinajstić information content (AvgIpc) is 2.91. The lowest BCUT2D eigenvalue weighted by Crippen LogP contribution is -2.21. The molecule has 0 N–H and O–H groups in total. The van der Waals surface area contributed by atoms with Gasteiger partial charge in [0.25, 0.3) is 0 Å². The molecule has 4 heteroatoms. The monoisotopic (exact) mass is 267 g/mol. The van der Waals surface area contributed by atoms with Crippen molar-refractivity contribution in [1.29, 1.82) is 5.26 Å². The summed E-state index contributed by atoms with van der Waals surface area (Å²) in [5.74, 6) is 0.983. The van der Waals surface area contributed by atoms with Crippen LogP contribution in [0.2, 0.25) is 0 Å². The summed E-state index contributed by atoms with van der Waals surface area (Å²) in [6.45, 7) is 0.535. The summed E-state index contributed by atoms with van der Waals surface area (Å²) in [7, 11) is 1.70. The smallest absolute Gasteiger partial charge is 0.135 e. The molecule has 1 atom stereocenters. The molecule has 1 aliphatic rings. The van der Waals surface area contributed by atoms with Gasteiger partial charge in [0.1, 0.15) is 12.4 Å². The summed E-state index contributed by atoms with van der Waals surface area (Å²) in [6.07, 6.45) is 5.31. The van der Waals surface area contributed by atoms with E-state index in [1.807, 2.05) is 18.3 Å². The van der Waals surface area contributed by atoms with Crippen LogP contribution in [0, 0.1) is 11.3 Å². The molecular formula is C16H17N3O. The number of imidazole rings is 1. The minimum absolute atomic E-state index is 0.305. The first kappa shape index (κ1) is 12.9. The van der Waals surface area contributed by atoms with Gasteiger partial charge in [0.2, 0.25) is 0 Å². The third-order valence-electron chi connectivity index (χ3n) is 3.87. The van der Waals surface area contributed by atoms with Crippen LogP contribution < -0.4 is 0 Å². The lowest BCUT2D eigenvalue weighted by Gasteiger charge is -2.27. The van der Waals surface area contributed by atoms with Crippen molar-refractivity contribution in [3.63, 3.8) is 0 Å². The molecule has 4 nitrogen and oxygen atoms in total. The molecule has 0 aliphatic carbocycles. The van der Waals surface area contributed by atoms with Crippen molar-refractivity contribution >= 4 is 0 Å². The first-order valence-corrected chi connectivity index (χ1v) is 6.87. The molecule has 0 radical (unpaired) electrons. The summed E-state index contributed by atoms with van der Waals surface area (Å²) >= 11 is 0. The number of nitriles is 1. The van der Waals surface area contributed by atoms with Gasteiger partial charge in [-0.2, -0.15) is 5.26 Å². The molecule has 1 aliphatic heterocycles. The van der Waals surface area contributed by atoms with Crippen molar-refractivity contribution in [2.75, 3.05) is 7.11 Å². The zero-order chi connectivity index (χ0) is 13.9. The Labute approximate surface area is 118 Å². The Balaban J connectivity index is 1.99. The molecule has 2 aromatic rings. The zero-order valence-corrected chi connectivity index (χ0v) is 11.5. The number of hydrogen-bond acceptors (Lipinski definition) is 3. The van der Waals surface area contributed by atoms with Gasteiger partial charge in [-0.1, -0.05) is 12.1 Å². The second kappa shape index (κ2) is 5.48. The highest BCUT2D eigenvalue weighted by Crippen LogP contribution is 2.32. The standard InChI is InChI=1S/C16H17N3O/c1-20-11-16-18-10-14-3-2-4-15(19(14)16)13-7-5-12(9-17)6-8-13/h5-8,10,15H,2-4,11H2,1H3. The van der Waals surface area contributed by atoms with E-state index in [9.17, 15) is 0 Å². The SMILES string of the molecule is COCc1ncc2n1C(c1ccc(C#N)cc1)CCC2. The van der Waals surface area contributed by atoms with Gasteiger partial charge >= 0.3 is 0 Å². The van der Waals surface area contributed by atoms with E-state index < -0.39 is 0 Å². The lowest BCUT2D eigenvalue weighted by atomic mass is 9.95. The molecule has 0 saturated heterocycles. The van der Waals surface area contributed by atoms with Gasteiger partial charge in [-0.05, 0) is 37.0 Å². The number of benzene rings is 1. The van der Waals surface area contributed by atoms with E-state index in [0.29, 0.717) is 18.2 Å². The summed E-state index contributed by atoms with van der Waals surface area (Å²) in [6, 6.07) is 10.3. The maximum atomic E-state index is 8.90. The Hall–Kier alpha value is -2.12. The normalized spacial score (nSPS) is 17.5. The van der Waals surface area contributed by atoms with Crippen LogP contribution in [-0.2, 0) is 17.8 Å². The van der Waals surface area contributed by atoms with Crippen LogP contribution in [0.15, 0.2) is 30.5 Å². The Morgan fingerprint density at radius 2 is 2.20 bits per heavy atom. The second-order valence-electron chi connectivity index (χ2n) is 5.11. The molecule has 1 aromatic heterocycles. The molecule has 1 unspecified atom stereocenters. The van der Waals surface area contributed by atoms with E-state index in [4.69, 9.17) is 10.00 Å². The highest BCUT2D eigenvalue weighted by molar-refractivity contribution is 5.34. The van der Waals surface area contributed by atoms with E-state index in [2.05, 4.69) is 27.8 Å². The molecule has 0 fully saturated rings. The summed E-state index contributed by atoms with van der Waals surface area (Å²) in [5.41, 5.74) is 3.21. The average molecular weight is 267 g/mol. The molecule has 2 heterocycles. The van der Waals surface area contributed by atoms with Crippen molar-refractivity contribution in [1.82, 2.24) is 9.55 Å². The van der Waals surface area contributed by atoms with E-state index in [1.165, 1.54) is 17.7 Å². The Morgan fingerprint density at radius 1 is 1.40 bits per heavy atom. The number of ether oxygens (including phenoxy) is 1. The fourth-order valence-corrected chi connectivity index (χ4v) is 2.94. The molecule has 0 saturated carbocycles. The van der Waals surface area contributed by atoms with Gasteiger partial charge in [-0.3, -0.25) is 0 Å². The number of rotatable bonds is 3. The van der Waals surface area contributed by atoms with Crippen LogP contribution in [0.4, 0.5) is 0 Å². The van der Waals surface area contributed by atoms with Crippen molar-refractivity contribution in [3.8, 4) is 6.07 Å². The summed E-state index contributed by atoms with van der Waals surface area (Å²) in [4.78, 5) is 4.48. The Kier molecular flexibility index (Phi) is 3.53. The molecule has 0 bridgehead atoms. The molecule has 20 heavy (non-hydrogen) atoms. The fourth-order valence-electron chi connectivity index (χ4n) is 2.94. The first-order valence-electron chi connectivity index (χ1n) is 6.87. The first-order chi connectivity index (χ1) is 9.83. The number of fused-ring (bicyclic) bond motifs is 1. The van der Waals surface area contributed by atoms with Crippen LogP contribution in [0.5, 0.6) is 0 Å². The molecule has 0 amide bonds. The number of hydrogen-bond donors (Lipinski definition) is 0. The van der Waals surface area contributed by atoms with Crippen molar-refractivity contribution in [2.24, 2.45) is 0 Å². The van der Waals surface area contributed by atoms with Crippen LogP contribution in [0.1, 0.15) is 41.5 Å². The second-order valence-corrected chi connectivity index (χ2v) is 5.11. The molecule has 0 spiro atoms. The minimum atomic E-state index is 0.305. The van der Waals surface area contributed by atoms with Crippen LogP contribution in [-0.4, -0.2) is 16.7 Å². The zero-order valence-electron chi connectivity index (χ0n) is 11.5. The third-order valence-corrected chi connectivity index (χ3v) is 3.87. The topological polar surface area (TPSA) is 50.8 Å². The Morgan fingerprint density at radius 3 is 2.90 bits per heavy atom. The maximum absolute atomic E-state index is 8.90. The molecule has 1 aromatic carbocycles. The number of nitrogens with zero attached hydrogens (tertiary/aromatic N) is 3. The quantitative estimate of drug-likeness (QED) is 0.859. The third kappa shape index (κ3) is 2.21. The lowest BCUT2D eigenvalue weighted by molar-refractivity contribution is 0.171. The summed E-state index contributed by atoms with van der Waals surface area (Å²) in [5, 5.41) is 8.90. The van der Waals surface area contributed by atoms with Crippen molar-refractivity contribution in [2.45, 2.75) is 31.9 Å². The van der Waals surface area contributed by atoms with Gasteiger partial charge in [0.05, 0.1) is 17.7 Å². The molecule has 102 valence electrons. The van der Waals surface area contributed by atoms with Crippen molar-refractivity contribution < 1.29 is 4.74 Å². The van der Waals surface area contributed by atoms with Gasteiger partial charge < -0.3 is 9.30 Å². The van der Waals surface area contributed by atoms with E-state index in [1.54, 1.807) is 7.11 Å². The molecule has 3 rings (SSSR count). The van der Waals surface area contributed by atoms with Crippen molar-refractivity contribution in [3.05, 3.63) is 53.1 Å². The van der Waals surface area contributed by atoms with E-state index in [-0.39, 0.29) is 0 Å². The maximum Gasteiger partial charge on any atom is 0.135 e. The predicted octanol–water partition coefficient (Wildman–Crippen LogP) is 2.83. The van der Waals surface area contributed by atoms with Crippen LogP contribution >= 0.6 is 0 Å². The van der Waals surface area contributed by atoms with E-state index >= 15 is 0 Å². The largest absolute Gasteiger partial charge is 0.377 e. The fraction of sp³-hybridized carbons (Fsp3) is 0.375. The van der Waals surface area contributed by atoms with Gasteiger partial charge in [-0.25, -0.2) is 4.98 Å². The Bertz CT molecular complexity index is 637. The number of aryl methyl sites for hydroxylation is 1.